The Labute approximate surface area is 215 Å². The molecule has 1 aromatic carbocycles. The van der Waals surface area contributed by atoms with Crippen LogP contribution >= 0.6 is 11.6 Å². The smallest absolute Gasteiger partial charge is 0.407 e. The number of aliphatic imine (C=N–C) groups is 1. The number of nitrogens with zero attached hydrogens (tertiary/aromatic N) is 5. The van der Waals surface area contributed by atoms with Gasteiger partial charge in [-0.2, -0.15) is 0 Å². The highest BCUT2D eigenvalue weighted by Gasteiger charge is 2.38. The van der Waals surface area contributed by atoms with Gasteiger partial charge in [0.2, 0.25) is 5.91 Å². The number of piperazine rings is 1. The molecule has 2 aromatic rings. The van der Waals surface area contributed by atoms with E-state index in [1.165, 1.54) is 11.0 Å². The van der Waals surface area contributed by atoms with E-state index in [4.69, 9.17) is 16.6 Å². The summed E-state index contributed by atoms with van der Waals surface area (Å²) in [5.41, 5.74) is 0.816. The van der Waals surface area contributed by atoms with Gasteiger partial charge in [0.15, 0.2) is 0 Å². The lowest BCUT2D eigenvalue weighted by molar-refractivity contribution is -0.117. The second kappa shape index (κ2) is 9.69. The number of carbonyl (C=O) groups excluding carboxylic acids is 1. The Kier molecular flexibility index (Phi) is 6.96. The lowest BCUT2D eigenvalue weighted by Crippen LogP contribution is -2.59. The molecule has 0 radical (unpaired) electrons. The summed E-state index contributed by atoms with van der Waals surface area (Å²) in [6, 6.07) is 7.46. The van der Waals surface area contributed by atoms with Crippen molar-refractivity contribution in [3.05, 3.63) is 46.7 Å². The highest BCUT2D eigenvalue weighted by atomic mass is 35.5. The van der Waals surface area contributed by atoms with Gasteiger partial charge in [-0.15, -0.1) is 0 Å². The maximum atomic E-state index is 14.7. The van der Waals surface area contributed by atoms with Crippen LogP contribution in [0, 0.1) is 11.2 Å². The van der Waals surface area contributed by atoms with Crippen molar-refractivity contribution in [2.24, 2.45) is 10.4 Å². The first-order valence-electron chi connectivity index (χ1n) is 11.9. The van der Waals surface area contributed by atoms with Crippen molar-refractivity contribution in [3.8, 4) is 11.3 Å². The number of benzene rings is 1. The van der Waals surface area contributed by atoms with Crippen LogP contribution in [0.25, 0.3) is 11.3 Å². The third-order valence-electron chi connectivity index (χ3n) is 6.38. The second-order valence-electron chi connectivity index (χ2n) is 10.6. The van der Waals surface area contributed by atoms with Gasteiger partial charge < -0.3 is 14.9 Å². The Morgan fingerprint density at radius 1 is 1.17 bits per heavy atom. The summed E-state index contributed by atoms with van der Waals surface area (Å²) >= 11 is 6.68. The van der Waals surface area contributed by atoms with Gasteiger partial charge in [-0.05, 0) is 37.5 Å². The first-order valence-corrected chi connectivity index (χ1v) is 12.3. The summed E-state index contributed by atoms with van der Waals surface area (Å²) in [4.78, 5) is 39.5. The van der Waals surface area contributed by atoms with Crippen molar-refractivity contribution in [3.63, 3.8) is 0 Å². The molecule has 0 unspecified atom stereocenters. The van der Waals surface area contributed by atoms with Crippen molar-refractivity contribution in [2.45, 2.75) is 46.7 Å². The molecule has 192 valence electrons. The second-order valence-corrected chi connectivity index (χ2v) is 11.0. The summed E-state index contributed by atoms with van der Waals surface area (Å²) in [6.07, 6.45) is -0.969. The molecule has 2 amide bonds. The van der Waals surface area contributed by atoms with Crippen molar-refractivity contribution in [2.75, 3.05) is 31.1 Å². The van der Waals surface area contributed by atoms with Crippen LogP contribution in [0.2, 0.25) is 5.02 Å². The summed E-state index contributed by atoms with van der Waals surface area (Å²) in [6.45, 7) is 10.8. The van der Waals surface area contributed by atoms with Crippen LogP contribution in [0.1, 0.15) is 40.2 Å². The molecule has 0 spiro atoms. The van der Waals surface area contributed by atoms with Crippen molar-refractivity contribution in [1.82, 2.24) is 14.8 Å². The van der Waals surface area contributed by atoms with Crippen LogP contribution in [0.15, 0.2) is 35.3 Å². The maximum Gasteiger partial charge on any atom is 0.407 e. The van der Waals surface area contributed by atoms with Crippen LogP contribution in [0.4, 0.5) is 15.0 Å². The van der Waals surface area contributed by atoms with Crippen molar-refractivity contribution in [1.29, 1.82) is 0 Å². The summed E-state index contributed by atoms with van der Waals surface area (Å²) in [5.74, 6) is 0.221. The zero-order chi connectivity index (χ0) is 26.4. The molecule has 10 heteroatoms. The molecule has 2 aliphatic heterocycles. The Morgan fingerprint density at radius 2 is 1.86 bits per heavy atom. The first kappa shape index (κ1) is 25.9. The Morgan fingerprint density at radius 3 is 2.50 bits per heavy atom. The fourth-order valence-corrected chi connectivity index (χ4v) is 4.95. The van der Waals surface area contributed by atoms with E-state index >= 15 is 0 Å². The minimum absolute atomic E-state index is 0.0886. The van der Waals surface area contributed by atoms with Gasteiger partial charge in [0.05, 0.1) is 16.3 Å². The van der Waals surface area contributed by atoms with Crippen LogP contribution < -0.4 is 4.90 Å². The number of carboxylic acid groups (broad SMARTS) is 1. The molecule has 1 saturated heterocycles. The van der Waals surface area contributed by atoms with E-state index in [0.717, 1.165) is 0 Å². The molecule has 3 heterocycles. The zero-order valence-corrected chi connectivity index (χ0v) is 21.9. The minimum Gasteiger partial charge on any atom is -0.465 e. The van der Waals surface area contributed by atoms with E-state index in [-0.39, 0.29) is 46.2 Å². The molecule has 1 fully saturated rings. The number of anilines is 1. The highest BCUT2D eigenvalue weighted by Crippen LogP contribution is 2.36. The van der Waals surface area contributed by atoms with Gasteiger partial charge in [0, 0.05) is 37.3 Å². The molecule has 0 bridgehead atoms. The van der Waals surface area contributed by atoms with Crippen molar-refractivity contribution < 1.29 is 19.1 Å². The number of amides is 2. The predicted octanol–water partition coefficient (Wildman–Crippen LogP) is 4.75. The number of carbonyl (C=O) groups is 2. The molecule has 2 atom stereocenters. The van der Waals surface area contributed by atoms with E-state index < -0.39 is 11.9 Å². The van der Waals surface area contributed by atoms with E-state index in [0.29, 0.717) is 36.9 Å². The van der Waals surface area contributed by atoms with E-state index in [9.17, 15) is 19.1 Å². The number of amidine groups is 1. The molecule has 36 heavy (non-hydrogen) atoms. The fraction of sp³-hybridized carbons (Fsp3) is 0.462. The van der Waals surface area contributed by atoms with E-state index in [2.05, 4.69) is 4.99 Å². The topological polar surface area (TPSA) is 89.3 Å². The Hall–Kier alpha value is -3.20. The minimum atomic E-state index is -0.969. The molecule has 1 aromatic heterocycles. The predicted molar refractivity (Wildman–Crippen MR) is 138 cm³/mol. The summed E-state index contributed by atoms with van der Waals surface area (Å²) in [7, 11) is 0. The average molecular weight is 516 g/mol. The standard InChI is InChI=1S/C26H31ClFN5O3/c1-15-13-32(25(35)36)16(2)12-31(15)23-18-10-19(27)22(17-8-6-7-9-20(17)28)30-24(18)33(14-26(3,4)5)21(34)11-29-23/h6-10,15-16H,11-14H2,1-5H3,(H,35,36)/t15-,16+/m0/s1. The Bertz CT molecular complexity index is 1230. The SMILES string of the molecule is C[C@@H]1CN(C2=NCC(=O)N(CC(C)(C)C)c3nc(-c4ccccc4F)c(Cl)cc32)[C@@H](C)CN1C(=O)O. The van der Waals surface area contributed by atoms with Crippen LogP contribution in [-0.2, 0) is 4.79 Å². The lowest BCUT2D eigenvalue weighted by Gasteiger charge is -2.44. The van der Waals surface area contributed by atoms with Gasteiger partial charge in [0.1, 0.15) is 24.0 Å². The Balaban J connectivity index is 1.88. The quantitative estimate of drug-likeness (QED) is 0.623. The largest absolute Gasteiger partial charge is 0.465 e. The summed E-state index contributed by atoms with van der Waals surface area (Å²) < 4.78 is 14.7. The average Bonchev–Trinajstić information content (AvgIpc) is 2.91. The molecule has 0 aliphatic carbocycles. The monoisotopic (exact) mass is 515 g/mol. The number of halogens is 2. The third kappa shape index (κ3) is 5.02. The molecule has 2 aliphatic rings. The molecule has 1 N–H and O–H groups in total. The number of rotatable bonds is 2. The normalized spacial score (nSPS) is 20.7. The van der Waals surface area contributed by atoms with E-state index in [1.54, 1.807) is 29.2 Å². The molecule has 8 nitrogen and oxygen atoms in total. The van der Waals surface area contributed by atoms with Gasteiger partial charge in [-0.1, -0.05) is 44.5 Å². The van der Waals surface area contributed by atoms with Crippen LogP contribution in [0.3, 0.4) is 0 Å². The van der Waals surface area contributed by atoms with E-state index in [1.807, 2.05) is 39.5 Å². The number of aromatic nitrogens is 1. The number of pyridine rings is 1. The van der Waals surface area contributed by atoms with Gasteiger partial charge >= 0.3 is 6.09 Å². The van der Waals surface area contributed by atoms with Crippen molar-refractivity contribution >= 4 is 35.3 Å². The molecule has 0 saturated carbocycles. The fourth-order valence-electron chi connectivity index (χ4n) is 4.69. The van der Waals surface area contributed by atoms with Crippen LogP contribution in [-0.4, -0.2) is 76.0 Å². The molecular weight excluding hydrogens is 485 g/mol. The third-order valence-corrected chi connectivity index (χ3v) is 6.67. The van der Waals surface area contributed by atoms with Gasteiger partial charge in [-0.25, -0.2) is 14.2 Å². The first-order chi connectivity index (χ1) is 16.9. The van der Waals surface area contributed by atoms with Gasteiger partial charge in [0.25, 0.3) is 0 Å². The number of fused-ring (bicyclic) bond motifs is 1. The summed E-state index contributed by atoms with van der Waals surface area (Å²) in [5, 5.41) is 9.81. The highest BCUT2D eigenvalue weighted by molar-refractivity contribution is 6.33. The number of hydrogen-bond acceptors (Lipinski definition) is 5. The molecular formula is C26H31ClFN5O3. The maximum absolute atomic E-state index is 14.7. The van der Waals surface area contributed by atoms with Crippen LogP contribution in [0.5, 0.6) is 0 Å². The molecule has 4 rings (SSSR count). The van der Waals surface area contributed by atoms with Gasteiger partial charge in [-0.3, -0.25) is 14.7 Å². The zero-order valence-electron chi connectivity index (χ0n) is 21.1. The number of hydrogen-bond donors (Lipinski definition) is 1. The lowest BCUT2D eigenvalue weighted by atomic mass is 9.95.